The molecule has 0 aliphatic heterocycles. The number of aliphatic carboxylic acids is 2. The van der Waals surface area contributed by atoms with Gasteiger partial charge in [0.25, 0.3) is 0 Å². The van der Waals surface area contributed by atoms with Gasteiger partial charge in [-0.25, -0.2) is 0 Å². The first-order valence-corrected chi connectivity index (χ1v) is 14.3. The molecule has 0 bridgehead atoms. The van der Waals surface area contributed by atoms with Gasteiger partial charge in [-0.05, 0) is 20.8 Å². The van der Waals surface area contributed by atoms with Gasteiger partial charge in [-0.2, -0.15) is 0 Å². The molecule has 0 saturated heterocycles. The Bertz CT molecular complexity index is 459. The first kappa shape index (κ1) is 37.3. The number of rotatable bonds is 9. The fourth-order valence-corrected chi connectivity index (χ4v) is 1.31. The summed E-state index contributed by atoms with van der Waals surface area (Å²) < 4.78 is 13.9. The summed E-state index contributed by atoms with van der Waals surface area (Å²) in [6.45, 7) is 6.96. The van der Waals surface area contributed by atoms with Crippen molar-refractivity contribution in [3.8, 4) is 0 Å². The molecule has 0 spiro atoms. The number of carbonyl (C=O) groups is 4. The standard InChI is InChI=1S/C7H18N2O.2C5H8O4.2ClH.Pt/c1-7(2,3)10-6(4-8)5-9;2*1-9-5(8)3-2-4(6)7;;;/h6H,4-5,8-9H2,1-3H3;2*2-3H2,1H3,(H,6,7);2*1H;/q;;;;;+4/p-2. The molecule has 188 valence electrons. The van der Waals surface area contributed by atoms with Crippen molar-refractivity contribution in [3.05, 3.63) is 0 Å². The van der Waals surface area contributed by atoms with Gasteiger partial charge in [0.15, 0.2) is 0 Å². The van der Waals surface area contributed by atoms with Crippen LogP contribution in [-0.4, -0.2) is 73.1 Å². The van der Waals surface area contributed by atoms with Crippen LogP contribution in [0.3, 0.4) is 0 Å². The summed E-state index contributed by atoms with van der Waals surface area (Å²) in [7, 11) is 12.2. The Balaban J connectivity index is -0.000000166. The van der Waals surface area contributed by atoms with Crippen molar-refractivity contribution in [1.29, 1.82) is 0 Å². The van der Waals surface area contributed by atoms with E-state index in [9.17, 15) is 19.2 Å². The normalized spacial score (nSPS) is 9.74. The number of carbonyl (C=O) groups excluding carboxylic acids is 2. The molecule has 0 heterocycles. The molecule has 0 amide bonds. The summed E-state index contributed by atoms with van der Waals surface area (Å²) in [5, 5.41) is 16.1. The van der Waals surface area contributed by atoms with Crippen molar-refractivity contribution in [1.82, 2.24) is 0 Å². The Morgan fingerprint density at radius 3 is 1.26 bits per heavy atom. The quantitative estimate of drug-likeness (QED) is 0.259. The minimum absolute atomic E-state index is 0.000000000000000222. The van der Waals surface area contributed by atoms with E-state index in [4.69, 9.17) is 45.3 Å². The van der Waals surface area contributed by atoms with Crippen molar-refractivity contribution in [3.63, 3.8) is 0 Å². The number of methoxy groups -OCH3 is 2. The molecule has 0 aromatic heterocycles. The van der Waals surface area contributed by atoms with Crippen LogP contribution in [0.1, 0.15) is 46.5 Å². The maximum atomic E-state index is 10.2. The van der Waals surface area contributed by atoms with Crippen LogP contribution >= 0.6 is 18.8 Å². The predicted octanol–water partition coefficient (Wildman–Crippen LogP) is 1.51. The number of nitrogens with two attached hydrogens (primary N) is 2. The van der Waals surface area contributed by atoms with Gasteiger partial charge in [0, 0.05) is 13.1 Å². The molecule has 11 nitrogen and oxygen atoms in total. The van der Waals surface area contributed by atoms with Crippen molar-refractivity contribution in [2.24, 2.45) is 11.5 Å². The zero-order valence-corrected chi connectivity index (χ0v) is 22.1. The number of hydrogen-bond acceptors (Lipinski definition) is 9. The summed E-state index contributed by atoms with van der Waals surface area (Å²) >= 11 is -0.472. The number of carboxylic acids is 2. The predicted molar refractivity (Wildman–Crippen MR) is 112 cm³/mol. The van der Waals surface area contributed by atoms with E-state index in [-0.39, 0.29) is 37.4 Å². The first-order chi connectivity index (χ1) is 14.2. The summed E-state index contributed by atoms with van der Waals surface area (Å²) in [5.41, 5.74) is 10.6. The van der Waals surface area contributed by atoms with E-state index in [2.05, 4.69) is 9.47 Å². The molecule has 0 rings (SSSR count). The van der Waals surface area contributed by atoms with E-state index in [0.717, 1.165) is 0 Å². The number of hydrogen-bond donors (Lipinski definition) is 4. The molecule has 14 heteroatoms. The molecule has 0 aromatic carbocycles. The fourth-order valence-electron chi connectivity index (χ4n) is 1.31. The van der Waals surface area contributed by atoms with Crippen LogP contribution in [0.25, 0.3) is 0 Å². The Morgan fingerprint density at radius 2 is 1.13 bits per heavy atom. The number of halogens is 2. The molecular formula is C17H34Cl2N2O9Pt+2. The van der Waals surface area contributed by atoms with Gasteiger partial charge in [0.05, 0.1) is 51.6 Å². The molecule has 0 radical (unpaired) electrons. The van der Waals surface area contributed by atoms with Crippen LogP contribution in [0.15, 0.2) is 0 Å². The molecule has 0 unspecified atom stereocenters. The average Bonchev–Trinajstić information content (AvgIpc) is 2.69. The number of carboxylic acid groups (broad SMARTS) is 2. The second kappa shape index (κ2) is 25.3. The van der Waals surface area contributed by atoms with E-state index in [0.29, 0.717) is 13.1 Å². The molecule has 0 atom stereocenters. The van der Waals surface area contributed by atoms with Crippen LogP contribution < -0.4 is 11.5 Å². The van der Waals surface area contributed by atoms with E-state index in [1.165, 1.54) is 14.2 Å². The van der Waals surface area contributed by atoms with Crippen LogP contribution in [0.4, 0.5) is 0 Å². The summed E-state index contributed by atoms with van der Waals surface area (Å²) in [5.74, 6) is -2.95. The zero-order valence-electron chi connectivity index (χ0n) is 18.3. The van der Waals surface area contributed by atoms with Crippen LogP contribution in [0, 0.1) is 0 Å². The Hall–Kier alpha value is -0.972. The molecule has 0 aromatic rings. The van der Waals surface area contributed by atoms with E-state index < -0.39 is 40.4 Å². The van der Waals surface area contributed by atoms with Crippen LogP contribution in [0.2, 0.25) is 0 Å². The zero-order chi connectivity index (χ0) is 25.5. The maximum absolute atomic E-state index is 10.2. The third-order valence-electron chi connectivity index (χ3n) is 2.59. The topological polar surface area (TPSA) is 188 Å². The van der Waals surface area contributed by atoms with Gasteiger partial charge < -0.3 is 35.9 Å². The third-order valence-corrected chi connectivity index (χ3v) is 2.59. The fraction of sp³-hybridized carbons (Fsp3) is 0.765. The van der Waals surface area contributed by atoms with Gasteiger partial charge in [0.1, 0.15) is 0 Å². The number of ether oxygens (including phenoxy) is 3. The monoisotopic (exact) mass is 675 g/mol. The van der Waals surface area contributed by atoms with E-state index in [1.807, 2.05) is 20.8 Å². The Labute approximate surface area is 199 Å². The average molecular weight is 676 g/mol. The van der Waals surface area contributed by atoms with Gasteiger partial charge in [-0.3, -0.25) is 19.2 Å². The summed E-state index contributed by atoms with van der Waals surface area (Å²) in [4.78, 5) is 40.1. The van der Waals surface area contributed by atoms with Crippen molar-refractivity contribution in [2.75, 3.05) is 27.3 Å². The second-order valence-corrected chi connectivity index (χ2v) is 9.59. The van der Waals surface area contributed by atoms with Crippen molar-refractivity contribution >= 4 is 42.7 Å². The van der Waals surface area contributed by atoms with E-state index in [1.54, 1.807) is 0 Å². The third kappa shape index (κ3) is 43.7. The van der Waals surface area contributed by atoms with Gasteiger partial charge in [-0.1, -0.05) is 0 Å². The molecule has 31 heavy (non-hydrogen) atoms. The molecular weight excluding hydrogens is 642 g/mol. The van der Waals surface area contributed by atoms with Gasteiger partial charge in [0.2, 0.25) is 0 Å². The molecule has 0 fully saturated rings. The first-order valence-electron chi connectivity index (χ1n) is 8.71. The molecule has 0 aliphatic carbocycles. The van der Waals surface area contributed by atoms with Crippen LogP contribution in [0.5, 0.6) is 0 Å². The van der Waals surface area contributed by atoms with Crippen molar-refractivity contribution in [2.45, 2.75) is 58.2 Å². The summed E-state index contributed by atoms with van der Waals surface area (Å²) in [6, 6.07) is 0. The van der Waals surface area contributed by atoms with Crippen LogP contribution in [-0.2, 0) is 49.9 Å². The minimum atomic E-state index is -0.986. The van der Waals surface area contributed by atoms with E-state index >= 15 is 0 Å². The number of esters is 2. The Morgan fingerprint density at radius 1 is 0.839 bits per heavy atom. The van der Waals surface area contributed by atoms with Gasteiger partial charge in [-0.15, -0.1) is 0 Å². The molecule has 0 aliphatic rings. The molecule has 0 saturated carbocycles. The SMILES string of the molecule is CC(C)(C)OC(CN)CN.COC(=O)CCC(=O)O.COC(=O)CCC(=O)O.[Cl][Pt+2][Cl]. The Kier molecular flexibility index (Phi) is 30.5. The summed E-state index contributed by atoms with van der Waals surface area (Å²) in [6.07, 6.45) is -0.420. The van der Waals surface area contributed by atoms with Gasteiger partial charge >= 0.3 is 59.2 Å². The second-order valence-electron chi connectivity index (χ2n) is 6.31. The molecule has 6 N–H and O–H groups in total. The van der Waals surface area contributed by atoms with Crippen molar-refractivity contribution < 1.29 is 60.1 Å².